The number of hydrogen-bond acceptors (Lipinski definition) is 3. The Hall–Kier alpha value is -1.84. The Kier molecular flexibility index (Phi) is 5.36. The number of aryl methyl sites for hydroxylation is 2. The molecule has 1 rings (SSSR count). The van der Waals surface area contributed by atoms with Crippen LogP contribution in [0.3, 0.4) is 0 Å². The molecule has 18 heavy (non-hydrogen) atoms. The Morgan fingerprint density at radius 1 is 1.50 bits per heavy atom. The Morgan fingerprint density at radius 2 is 2.22 bits per heavy atom. The minimum Gasteiger partial charge on any atom is -0.463 e. The van der Waals surface area contributed by atoms with Gasteiger partial charge in [0.2, 0.25) is 0 Å². The standard InChI is InChI=1S/C14H19NO3/c1-4-5-10-18-13(16)7-6-12-11(2)8-9-15(3)14(12)17/h6-9H,4-5,10H2,1-3H3/b7-6+. The van der Waals surface area contributed by atoms with Gasteiger partial charge in [0.05, 0.1) is 6.61 Å². The number of unbranched alkanes of at least 4 members (excludes halogenated alkanes) is 1. The van der Waals surface area contributed by atoms with Crippen LogP contribution in [0.5, 0.6) is 0 Å². The van der Waals surface area contributed by atoms with Gasteiger partial charge >= 0.3 is 5.97 Å². The van der Waals surface area contributed by atoms with E-state index in [0.717, 1.165) is 18.4 Å². The molecular weight excluding hydrogens is 230 g/mol. The van der Waals surface area contributed by atoms with Crippen LogP contribution in [0.1, 0.15) is 30.9 Å². The third-order valence-electron chi connectivity index (χ3n) is 2.65. The van der Waals surface area contributed by atoms with Crippen LogP contribution in [0.15, 0.2) is 23.1 Å². The third kappa shape index (κ3) is 3.87. The van der Waals surface area contributed by atoms with Gasteiger partial charge in [0, 0.05) is 24.9 Å². The van der Waals surface area contributed by atoms with Crippen molar-refractivity contribution in [2.24, 2.45) is 7.05 Å². The minimum absolute atomic E-state index is 0.118. The number of pyridine rings is 1. The van der Waals surface area contributed by atoms with Gasteiger partial charge < -0.3 is 9.30 Å². The van der Waals surface area contributed by atoms with Gasteiger partial charge in [-0.2, -0.15) is 0 Å². The summed E-state index contributed by atoms with van der Waals surface area (Å²) < 4.78 is 6.46. The average Bonchev–Trinajstić information content (AvgIpc) is 2.34. The van der Waals surface area contributed by atoms with Crippen molar-refractivity contribution in [2.45, 2.75) is 26.7 Å². The molecule has 0 N–H and O–H groups in total. The zero-order valence-electron chi connectivity index (χ0n) is 11.1. The smallest absolute Gasteiger partial charge is 0.330 e. The molecule has 1 aromatic heterocycles. The van der Waals surface area contributed by atoms with E-state index in [1.165, 1.54) is 16.7 Å². The summed E-state index contributed by atoms with van der Waals surface area (Å²) in [6.45, 7) is 4.29. The Balaban J connectivity index is 2.76. The number of carbonyl (C=O) groups excluding carboxylic acids is 1. The summed E-state index contributed by atoms with van der Waals surface area (Å²) in [7, 11) is 1.68. The van der Waals surface area contributed by atoms with E-state index in [-0.39, 0.29) is 5.56 Å². The van der Waals surface area contributed by atoms with E-state index in [4.69, 9.17) is 4.74 Å². The number of rotatable bonds is 5. The zero-order valence-corrected chi connectivity index (χ0v) is 11.1. The first kappa shape index (κ1) is 14.2. The fourth-order valence-corrected chi connectivity index (χ4v) is 1.46. The van der Waals surface area contributed by atoms with Crippen molar-refractivity contribution in [3.8, 4) is 0 Å². The largest absolute Gasteiger partial charge is 0.463 e. The molecule has 0 radical (unpaired) electrons. The molecule has 0 aromatic carbocycles. The molecule has 1 aromatic rings. The van der Waals surface area contributed by atoms with Crippen LogP contribution >= 0.6 is 0 Å². The van der Waals surface area contributed by atoms with E-state index in [9.17, 15) is 9.59 Å². The zero-order chi connectivity index (χ0) is 13.5. The van der Waals surface area contributed by atoms with Crippen LogP contribution in [0, 0.1) is 6.92 Å². The molecule has 98 valence electrons. The Morgan fingerprint density at radius 3 is 2.89 bits per heavy atom. The third-order valence-corrected chi connectivity index (χ3v) is 2.65. The van der Waals surface area contributed by atoms with Gasteiger partial charge in [-0.1, -0.05) is 13.3 Å². The highest BCUT2D eigenvalue weighted by atomic mass is 16.5. The predicted molar refractivity (Wildman–Crippen MR) is 71.3 cm³/mol. The van der Waals surface area contributed by atoms with Gasteiger partial charge in [0.15, 0.2) is 0 Å². The fourth-order valence-electron chi connectivity index (χ4n) is 1.46. The lowest BCUT2D eigenvalue weighted by Gasteiger charge is -2.03. The van der Waals surface area contributed by atoms with Crippen molar-refractivity contribution in [3.05, 3.63) is 39.8 Å². The number of ether oxygens (including phenoxy) is 1. The van der Waals surface area contributed by atoms with E-state index in [0.29, 0.717) is 12.2 Å². The number of carbonyl (C=O) groups is 1. The van der Waals surface area contributed by atoms with Gasteiger partial charge in [0.25, 0.3) is 5.56 Å². The summed E-state index contributed by atoms with van der Waals surface area (Å²) in [5.41, 5.74) is 1.25. The lowest BCUT2D eigenvalue weighted by Crippen LogP contribution is -2.19. The summed E-state index contributed by atoms with van der Waals surface area (Å²) in [6, 6.07) is 1.84. The number of hydrogen-bond donors (Lipinski definition) is 0. The molecule has 0 unspecified atom stereocenters. The molecule has 0 fully saturated rings. The molecular formula is C14H19NO3. The summed E-state index contributed by atoms with van der Waals surface area (Å²) >= 11 is 0. The van der Waals surface area contributed by atoms with Crippen molar-refractivity contribution in [1.29, 1.82) is 0 Å². The van der Waals surface area contributed by atoms with Gasteiger partial charge in [-0.3, -0.25) is 4.79 Å². The van der Waals surface area contributed by atoms with Crippen LogP contribution in [0.4, 0.5) is 0 Å². The average molecular weight is 249 g/mol. The molecule has 0 spiro atoms. The van der Waals surface area contributed by atoms with Crippen molar-refractivity contribution < 1.29 is 9.53 Å². The number of nitrogens with zero attached hydrogens (tertiary/aromatic N) is 1. The second-order valence-electron chi connectivity index (χ2n) is 4.18. The molecule has 0 aliphatic carbocycles. The van der Waals surface area contributed by atoms with Gasteiger partial charge in [-0.05, 0) is 31.1 Å². The number of aromatic nitrogens is 1. The molecule has 0 saturated heterocycles. The lowest BCUT2D eigenvalue weighted by molar-refractivity contribution is -0.137. The second-order valence-corrected chi connectivity index (χ2v) is 4.18. The molecule has 0 aliphatic rings. The van der Waals surface area contributed by atoms with Crippen LogP contribution in [-0.2, 0) is 16.6 Å². The van der Waals surface area contributed by atoms with E-state index < -0.39 is 5.97 Å². The highest BCUT2D eigenvalue weighted by Gasteiger charge is 2.03. The SMILES string of the molecule is CCCCOC(=O)/C=C/c1c(C)ccn(C)c1=O. The molecule has 0 atom stereocenters. The fraction of sp³-hybridized carbons (Fsp3) is 0.429. The molecule has 0 aliphatic heterocycles. The first-order chi connectivity index (χ1) is 8.56. The maximum Gasteiger partial charge on any atom is 0.330 e. The van der Waals surface area contributed by atoms with Gasteiger partial charge in [-0.15, -0.1) is 0 Å². The Bertz CT molecular complexity index is 500. The van der Waals surface area contributed by atoms with Crippen LogP contribution in [0.25, 0.3) is 6.08 Å². The molecule has 4 heteroatoms. The van der Waals surface area contributed by atoms with Crippen molar-refractivity contribution >= 4 is 12.0 Å². The molecule has 1 heterocycles. The summed E-state index contributed by atoms with van der Waals surface area (Å²) in [5.74, 6) is -0.409. The van der Waals surface area contributed by atoms with Crippen molar-refractivity contribution in [2.75, 3.05) is 6.61 Å². The van der Waals surface area contributed by atoms with Gasteiger partial charge in [-0.25, -0.2) is 4.79 Å². The second kappa shape index (κ2) is 6.79. The molecule has 0 amide bonds. The highest BCUT2D eigenvalue weighted by Crippen LogP contribution is 2.04. The lowest BCUT2D eigenvalue weighted by atomic mass is 10.1. The van der Waals surface area contributed by atoms with Crippen molar-refractivity contribution in [1.82, 2.24) is 4.57 Å². The van der Waals surface area contributed by atoms with Crippen molar-refractivity contribution in [3.63, 3.8) is 0 Å². The van der Waals surface area contributed by atoms with E-state index in [2.05, 4.69) is 0 Å². The summed E-state index contributed by atoms with van der Waals surface area (Å²) in [4.78, 5) is 23.2. The van der Waals surface area contributed by atoms with E-state index >= 15 is 0 Å². The van der Waals surface area contributed by atoms with Crippen LogP contribution < -0.4 is 5.56 Å². The molecule has 4 nitrogen and oxygen atoms in total. The first-order valence-corrected chi connectivity index (χ1v) is 6.07. The minimum atomic E-state index is -0.409. The van der Waals surface area contributed by atoms with E-state index in [1.807, 2.05) is 19.9 Å². The van der Waals surface area contributed by atoms with Gasteiger partial charge in [0.1, 0.15) is 0 Å². The maximum absolute atomic E-state index is 11.8. The summed E-state index contributed by atoms with van der Waals surface area (Å²) in [6.07, 6.45) is 6.36. The Labute approximate surface area is 107 Å². The summed E-state index contributed by atoms with van der Waals surface area (Å²) in [5, 5.41) is 0. The van der Waals surface area contributed by atoms with E-state index in [1.54, 1.807) is 13.2 Å². The topological polar surface area (TPSA) is 48.3 Å². The molecule has 0 saturated carbocycles. The monoisotopic (exact) mass is 249 g/mol. The maximum atomic E-state index is 11.8. The highest BCUT2D eigenvalue weighted by molar-refractivity contribution is 5.87. The quantitative estimate of drug-likeness (QED) is 0.456. The predicted octanol–water partition coefficient (Wildman–Crippen LogP) is 2.05. The van der Waals surface area contributed by atoms with Crippen LogP contribution in [0.2, 0.25) is 0 Å². The van der Waals surface area contributed by atoms with Crippen LogP contribution in [-0.4, -0.2) is 17.1 Å². The normalized spacial score (nSPS) is 10.8. The number of esters is 1. The molecule has 0 bridgehead atoms. The first-order valence-electron chi connectivity index (χ1n) is 6.07.